The Hall–Kier alpha value is -11.9. The summed E-state index contributed by atoms with van der Waals surface area (Å²) < 4.78 is 54.3. The van der Waals surface area contributed by atoms with Crippen LogP contribution in [0.2, 0.25) is 0 Å². The number of morpholine rings is 4. The van der Waals surface area contributed by atoms with E-state index in [9.17, 15) is 4.79 Å². The smallest absolute Gasteiger partial charge is 0.269 e. The normalized spacial score (nSPS) is 22.8. The Morgan fingerprint density at radius 3 is 1.19 bits per heavy atom. The summed E-state index contributed by atoms with van der Waals surface area (Å²) in [6.07, 6.45) is 47.0. The second-order valence-corrected chi connectivity index (χ2v) is 36.1. The first-order chi connectivity index (χ1) is 63.9. The standard InChI is InChI=1S/C27H34N4O3.C25H30N6O3.C25H29N5O2.C23H27N5O2/c1-19(2)33-26-16-21(7-8-29-26)15-20-3-5-23(6-4-20)34-25-18-22(31-11-13-32-14-12-31)17-24-27(25)30-10-9-28-24;1-26-25(32)20-6-7-28-23(30-20)14-17-2-4-19(5-3-17)34-22-16-18(31-10-12-33-13-11-31)15-21-24(22)29-9-8-27-21;1-16-26-7-6-18(29-16)10-17-2-4-20(5-3-17)32-24-12-19(11-23-25(24)28-9-8-27-23)30-14-21-13-22(15-30)31-21;1-3-20(4-2-17(1)13-18-5-6-26-27-16-18)30-22-15-19(28-9-11-29-12-10-28)14-21-23(22)25-8-7-24-21/h7-10,16-20,23H,3-6,11-15H2,1-2H3;6-9,15-17,19H,2-5,10-14H2,1H3,(H,26,32);6-9,11-12,17,20-22H,2-5,10,13-15H2,1H3;5-8,14-17,20H,1-4,9-13H2. The maximum absolute atomic E-state index is 11.9. The molecule has 10 aliphatic rings. The summed E-state index contributed by atoms with van der Waals surface area (Å²) in [5.74, 6) is 7.96. The van der Waals surface area contributed by atoms with Crippen LogP contribution in [0.3, 0.4) is 0 Å². The molecule has 6 saturated heterocycles. The molecule has 6 aliphatic heterocycles. The van der Waals surface area contributed by atoms with Gasteiger partial charge in [0.05, 0.1) is 111 Å². The molecule has 14 heterocycles. The number of fused-ring (bicyclic) bond motifs is 6. The number of aromatic nitrogens is 15. The number of carbonyl (C=O) groups is 1. The molecule has 2 atom stereocenters. The van der Waals surface area contributed by atoms with Crippen molar-refractivity contribution in [2.45, 2.75) is 198 Å². The molecule has 130 heavy (non-hydrogen) atoms. The van der Waals surface area contributed by atoms with Crippen molar-refractivity contribution in [1.82, 2.24) is 80.3 Å². The third-order valence-electron chi connectivity index (χ3n) is 26.5. The highest BCUT2D eigenvalue weighted by Crippen LogP contribution is 2.42. The van der Waals surface area contributed by atoms with E-state index in [2.05, 4.69) is 167 Å². The zero-order chi connectivity index (χ0) is 88.3. The van der Waals surface area contributed by atoms with Crippen LogP contribution in [-0.2, 0) is 44.6 Å². The van der Waals surface area contributed by atoms with Gasteiger partial charge < -0.3 is 67.5 Å². The van der Waals surface area contributed by atoms with Crippen LogP contribution < -0.4 is 48.6 Å². The Morgan fingerprint density at radius 2 is 0.785 bits per heavy atom. The zero-order valence-corrected chi connectivity index (χ0v) is 75.2. The summed E-state index contributed by atoms with van der Waals surface area (Å²) in [5, 5.41) is 10.5. The fourth-order valence-corrected chi connectivity index (χ4v) is 19.7. The summed E-state index contributed by atoms with van der Waals surface area (Å²) >= 11 is 0. The third kappa shape index (κ3) is 23.5. The Bertz CT molecular complexity index is 5690. The SMILES string of the molecule is CC(C)Oc1cc(CC2CCC(Oc3cc(N4CCOCC4)cc4nccnc34)CC2)ccn1.CNC(=O)c1ccnc(CC2CCC(Oc3cc(N4CCOCC4)cc4nccnc34)CC2)n1.Cc1nccc(CC2CCC(Oc3cc(N4CC5CC(C4)O5)cc4nccnc34)CC2)n1.c1cc(CC2CCC(Oc3cc(N4CCOCC4)cc4nccnc34)CC2)cnn1. The first kappa shape index (κ1) is 88.8. The Labute approximate surface area is 759 Å². The van der Waals surface area contributed by atoms with Gasteiger partial charge in [-0.05, 0) is 226 Å². The van der Waals surface area contributed by atoms with Crippen LogP contribution in [-0.4, -0.2) is 223 Å². The van der Waals surface area contributed by atoms with E-state index >= 15 is 0 Å². The molecule has 4 aromatic carbocycles. The maximum atomic E-state index is 11.9. The molecular weight excluding hydrogens is 1640 g/mol. The van der Waals surface area contributed by atoms with E-state index in [4.69, 9.17) is 42.6 Å². The molecule has 2 bridgehead atoms. The van der Waals surface area contributed by atoms with E-state index < -0.39 is 0 Å². The summed E-state index contributed by atoms with van der Waals surface area (Å²) in [5.41, 5.74) is 15.5. The highest BCUT2D eigenvalue weighted by atomic mass is 16.5. The van der Waals surface area contributed by atoms with Crippen LogP contribution in [0.5, 0.6) is 28.9 Å². The van der Waals surface area contributed by atoms with E-state index in [-0.39, 0.29) is 36.4 Å². The van der Waals surface area contributed by atoms with Gasteiger partial charge in [-0.1, -0.05) is 0 Å². The lowest BCUT2D eigenvalue weighted by Gasteiger charge is -2.48. The number of aryl methyl sites for hydroxylation is 1. The monoisotopic (exact) mass is 1760 g/mol. The van der Waals surface area contributed by atoms with Gasteiger partial charge in [-0.3, -0.25) is 24.7 Å². The van der Waals surface area contributed by atoms with Crippen molar-refractivity contribution in [2.75, 3.05) is 119 Å². The van der Waals surface area contributed by atoms with Crippen molar-refractivity contribution in [3.8, 4) is 28.9 Å². The molecule has 4 saturated carbocycles. The van der Waals surface area contributed by atoms with Gasteiger partial charge in [0.25, 0.3) is 5.91 Å². The van der Waals surface area contributed by atoms with Crippen LogP contribution >= 0.6 is 0 Å². The molecule has 1 amide bonds. The van der Waals surface area contributed by atoms with Gasteiger partial charge in [-0.2, -0.15) is 10.2 Å². The number of anilines is 4. The van der Waals surface area contributed by atoms with Gasteiger partial charge in [-0.25, -0.2) is 44.9 Å². The number of carbonyl (C=O) groups excluding carboxylic acids is 1. The lowest BCUT2D eigenvalue weighted by atomic mass is 9.83. The number of amides is 1. The number of nitrogens with zero attached hydrogens (tertiary/aromatic N) is 19. The molecule has 0 radical (unpaired) electrons. The number of piperidine rings is 1. The van der Waals surface area contributed by atoms with E-state index in [1.165, 1.54) is 36.1 Å². The van der Waals surface area contributed by atoms with Crippen molar-refractivity contribution >= 4 is 72.8 Å². The fourth-order valence-electron chi connectivity index (χ4n) is 19.7. The van der Waals surface area contributed by atoms with Crippen molar-refractivity contribution in [3.63, 3.8) is 0 Å². The van der Waals surface area contributed by atoms with Crippen LogP contribution in [0.4, 0.5) is 22.7 Å². The van der Waals surface area contributed by atoms with Crippen LogP contribution in [0.15, 0.2) is 159 Å². The average molecular weight is 1760 g/mol. The van der Waals surface area contributed by atoms with Crippen molar-refractivity contribution in [3.05, 3.63) is 194 Å². The minimum atomic E-state index is -0.185. The number of hydrogen-bond acceptors (Lipinski definition) is 29. The first-order valence-corrected chi connectivity index (χ1v) is 47.1. The molecule has 2 unspecified atom stereocenters. The molecule has 4 aliphatic carbocycles. The quantitative estimate of drug-likeness (QED) is 0.0622. The molecule has 22 rings (SSSR count). The number of nitrogens with one attached hydrogen (secondary N) is 1. The fraction of sp³-hybridized carbons (Fsp3) is 0.500. The summed E-state index contributed by atoms with van der Waals surface area (Å²) in [4.78, 5) is 79.7. The van der Waals surface area contributed by atoms with Gasteiger partial charge in [0, 0.05) is 205 Å². The van der Waals surface area contributed by atoms with Crippen LogP contribution in [0.25, 0.3) is 44.1 Å². The van der Waals surface area contributed by atoms with Crippen LogP contribution in [0.1, 0.15) is 162 Å². The predicted molar refractivity (Wildman–Crippen MR) is 497 cm³/mol. The van der Waals surface area contributed by atoms with Crippen molar-refractivity contribution < 1.29 is 47.4 Å². The molecule has 680 valence electrons. The van der Waals surface area contributed by atoms with Crippen molar-refractivity contribution in [2.24, 2.45) is 23.7 Å². The molecule has 10 fully saturated rings. The highest BCUT2D eigenvalue weighted by Gasteiger charge is 2.39. The first-order valence-electron chi connectivity index (χ1n) is 47.1. The number of benzene rings is 4. The van der Waals surface area contributed by atoms with E-state index in [0.717, 1.165) is 315 Å². The van der Waals surface area contributed by atoms with Gasteiger partial charge in [0.15, 0.2) is 0 Å². The number of pyridine rings is 1. The number of ether oxygens (including phenoxy) is 9. The van der Waals surface area contributed by atoms with E-state index in [0.29, 0.717) is 41.6 Å². The third-order valence-corrected chi connectivity index (χ3v) is 26.5. The van der Waals surface area contributed by atoms with Gasteiger partial charge in [-0.15, -0.1) is 0 Å². The molecule has 8 aromatic heterocycles. The summed E-state index contributed by atoms with van der Waals surface area (Å²) in [6, 6.07) is 26.9. The van der Waals surface area contributed by atoms with Gasteiger partial charge >= 0.3 is 0 Å². The minimum absolute atomic E-state index is 0.137. The van der Waals surface area contributed by atoms with Crippen LogP contribution in [0, 0.1) is 30.6 Å². The van der Waals surface area contributed by atoms with Gasteiger partial charge in [0.1, 0.15) is 62.4 Å². The topological polar surface area (TPSA) is 318 Å². The Balaban J connectivity index is 0.000000117. The molecule has 1 N–H and O–H groups in total. The minimum Gasteiger partial charge on any atom is -0.488 e. The lowest BCUT2D eigenvalue weighted by Crippen LogP contribution is -2.57. The average Bonchev–Trinajstić information content (AvgIpc) is 0.779. The summed E-state index contributed by atoms with van der Waals surface area (Å²) in [7, 11) is 1.61. The van der Waals surface area contributed by atoms with E-state index in [1.807, 2.05) is 45.4 Å². The Kier molecular flexibility index (Phi) is 29.5. The predicted octanol–water partition coefficient (Wildman–Crippen LogP) is 14.9. The molecular formula is C100H120N20O10. The number of hydrogen-bond donors (Lipinski definition) is 1. The number of rotatable bonds is 23. The second-order valence-electron chi connectivity index (χ2n) is 36.1. The molecule has 0 spiro atoms. The highest BCUT2D eigenvalue weighted by molar-refractivity contribution is 5.92. The van der Waals surface area contributed by atoms with Crippen molar-refractivity contribution in [1.29, 1.82) is 0 Å². The summed E-state index contributed by atoms with van der Waals surface area (Å²) in [6.45, 7) is 17.6. The molecule has 30 nitrogen and oxygen atoms in total. The second kappa shape index (κ2) is 43.2. The Morgan fingerprint density at radius 1 is 0.400 bits per heavy atom. The zero-order valence-electron chi connectivity index (χ0n) is 75.2. The molecule has 30 heteroatoms. The maximum Gasteiger partial charge on any atom is 0.269 e. The van der Waals surface area contributed by atoms with Gasteiger partial charge in [0.2, 0.25) is 5.88 Å². The lowest BCUT2D eigenvalue weighted by molar-refractivity contribution is -0.133. The van der Waals surface area contributed by atoms with E-state index in [1.54, 1.807) is 75.1 Å². The molecule has 12 aromatic rings. The largest absolute Gasteiger partial charge is 0.488 e.